The molecule has 1 aliphatic carbocycles. The maximum Gasteiger partial charge on any atom is 0.0764 e. The fourth-order valence-electron chi connectivity index (χ4n) is 3.69. The van der Waals surface area contributed by atoms with E-state index >= 15 is 0 Å². The second kappa shape index (κ2) is 6.49. The number of piperidine rings is 1. The van der Waals surface area contributed by atoms with E-state index < -0.39 is 0 Å². The molecule has 0 aromatic carbocycles. The van der Waals surface area contributed by atoms with Crippen molar-refractivity contribution in [2.75, 3.05) is 20.1 Å². The molecule has 4 nitrogen and oxygen atoms in total. The maximum absolute atomic E-state index is 4.84. The number of nitrogens with zero attached hydrogens (tertiary/aromatic N) is 3. The first-order valence-electron chi connectivity index (χ1n) is 8.64. The van der Waals surface area contributed by atoms with E-state index in [1.165, 1.54) is 63.7 Å². The Bertz CT molecular complexity index is 439. The van der Waals surface area contributed by atoms with Crippen molar-refractivity contribution in [2.45, 2.75) is 70.0 Å². The van der Waals surface area contributed by atoms with Crippen molar-refractivity contribution in [3.63, 3.8) is 0 Å². The lowest BCUT2D eigenvalue weighted by Crippen LogP contribution is -2.49. The van der Waals surface area contributed by atoms with Crippen LogP contribution in [0.25, 0.3) is 0 Å². The van der Waals surface area contributed by atoms with Crippen molar-refractivity contribution in [1.82, 2.24) is 20.0 Å². The Balaban J connectivity index is 1.53. The molecule has 1 N–H and O–H groups in total. The zero-order chi connectivity index (χ0) is 14.7. The van der Waals surface area contributed by atoms with Gasteiger partial charge in [-0.25, -0.2) is 0 Å². The third-order valence-electron chi connectivity index (χ3n) is 5.56. The molecule has 118 valence electrons. The van der Waals surface area contributed by atoms with Gasteiger partial charge >= 0.3 is 0 Å². The first kappa shape index (κ1) is 15.0. The zero-order valence-corrected chi connectivity index (χ0v) is 13.6. The molecule has 3 rings (SSSR count). The molecule has 0 radical (unpaired) electrons. The van der Waals surface area contributed by atoms with Gasteiger partial charge in [0.15, 0.2) is 0 Å². The summed E-state index contributed by atoms with van der Waals surface area (Å²) in [5.74, 6) is 0. The van der Waals surface area contributed by atoms with Crippen LogP contribution in [0.4, 0.5) is 0 Å². The molecule has 2 heterocycles. The Labute approximate surface area is 128 Å². The summed E-state index contributed by atoms with van der Waals surface area (Å²) >= 11 is 0. The van der Waals surface area contributed by atoms with Crippen LogP contribution in [-0.2, 0) is 6.54 Å². The number of hydrogen-bond acceptors (Lipinski definition) is 3. The fourth-order valence-corrected chi connectivity index (χ4v) is 3.69. The van der Waals surface area contributed by atoms with Gasteiger partial charge in [-0.05, 0) is 45.7 Å². The number of likely N-dealkylation sites (tertiary alicyclic amines) is 1. The van der Waals surface area contributed by atoms with E-state index in [0.717, 1.165) is 6.54 Å². The molecule has 1 aromatic heterocycles. The molecule has 0 spiro atoms. The van der Waals surface area contributed by atoms with E-state index in [9.17, 15) is 0 Å². The van der Waals surface area contributed by atoms with Gasteiger partial charge in [0.25, 0.3) is 0 Å². The van der Waals surface area contributed by atoms with E-state index in [4.69, 9.17) is 5.10 Å². The van der Waals surface area contributed by atoms with E-state index in [1.54, 1.807) is 0 Å². The number of rotatable bonds is 4. The Morgan fingerprint density at radius 1 is 1.24 bits per heavy atom. The lowest BCUT2D eigenvalue weighted by atomic mass is 9.90. The van der Waals surface area contributed by atoms with Gasteiger partial charge in [-0.2, -0.15) is 5.10 Å². The molecule has 0 bridgehead atoms. The van der Waals surface area contributed by atoms with E-state index in [-0.39, 0.29) is 0 Å². The highest BCUT2D eigenvalue weighted by Gasteiger charge is 2.28. The smallest absolute Gasteiger partial charge is 0.0764 e. The summed E-state index contributed by atoms with van der Waals surface area (Å²) in [6.07, 6.45) is 11.4. The fraction of sp³-hybridized carbons (Fsp3) is 0.824. The van der Waals surface area contributed by atoms with Crippen molar-refractivity contribution in [3.8, 4) is 0 Å². The van der Waals surface area contributed by atoms with Crippen molar-refractivity contribution in [1.29, 1.82) is 0 Å². The molecule has 21 heavy (non-hydrogen) atoms. The van der Waals surface area contributed by atoms with E-state index in [0.29, 0.717) is 11.6 Å². The molecule has 0 amide bonds. The minimum Gasteiger partial charge on any atom is -0.314 e. The molecule has 1 saturated carbocycles. The van der Waals surface area contributed by atoms with Crippen LogP contribution in [0.1, 0.15) is 63.6 Å². The largest absolute Gasteiger partial charge is 0.314 e. The summed E-state index contributed by atoms with van der Waals surface area (Å²) in [5, 5.41) is 8.31. The molecule has 4 heteroatoms. The Hall–Kier alpha value is -0.870. The molecular weight excluding hydrogens is 260 g/mol. The van der Waals surface area contributed by atoms with Gasteiger partial charge < -0.3 is 5.32 Å². The quantitative estimate of drug-likeness (QED) is 0.925. The second-order valence-electron chi connectivity index (χ2n) is 7.17. The van der Waals surface area contributed by atoms with Crippen LogP contribution >= 0.6 is 0 Å². The highest BCUT2D eigenvalue weighted by Crippen LogP contribution is 2.28. The minimum absolute atomic E-state index is 0.331. The molecular formula is C17H30N4. The van der Waals surface area contributed by atoms with Gasteiger partial charge in [0, 0.05) is 31.4 Å². The highest BCUT2D eigenvalue weighted by molar-refractivity contribution is 5.01. The Kier molecular flexibility index (Phi) is 4.65. The number of hydrogen-bond donors (Lipinski definition) is 1. The third-order valence-corrected chi connectivity index (χ3v) is 5.56. The van der Waals surface area contributed by atoms with E-state index in [1.807, 2.05) is 0 Å². The summed E-state index contributed by atoms with van der Waals surface area (Å²) in [4.78, 5) is 2.55. The zero-order valence-electron chi connectivity index (χ0n) is 13.6. The predicted octanol–water partition coefficient (Wildman–Crippen LogP) is 2.96. The van der Waals surface area contributed by atoms with Crippen LogP contribution in [0.2, 0.25) is 0 Å². The summed E-state index contributed by atoms with van der Waals surface area (Å²) in [7, 11) is 2.08. The van der Waals surface area contributed by atoms with E-state index in [2.05, 4.69) is 41.1 Å². The number of aromatic nitrogens is 2. The lowest BCUT2D eigenvalue weighted by Gasteiger charge is -2.39. The normalized spacial score (nSPS) is 24.3. The molecule has 1 aromatic rings. The summed E-state index contributed by atoms with van der Waals surface area (Å²) < 4.78 is 2.23. The van der Waals surface area contributed by atoms with Crippen molar-refractivity contribution in [3.05, 3.63) is 18.0 Å². The van der Waals surface area contributed by atoms with Crippen molar-refractivity contribution in [2.24, 2.45) is 0 Å². The molecule has 1 aliphatic heterocycles. The average molecular weight is 290 g/mol. The first-order chi connectivity index (χ1) is 10.2. The molecule has 0 unspecified atom stereocenters. The number of nitrogens with one attached hydrogen (secondary N) is 1. The van der Waals surface area contributed by atoms with Crippen LogP contribution in [0.5, 0.6) is 0 Å². The minimum atomic E-state index is 0.331. The lowest BCUT2D eigenvalue weighted by molar-refractivity contribution is 0.144. The maximum atomic E-state index is 4.84. The average Bonchev–Trinajstić information content (AvgIpc) is 2.99. The summed E-state index contributed by atoms with van der Waals surface area (Å²) in [6.45, 7) is 5.70. The third kappa shape index (κ3) is 3.67. The van der Waals surface area contributed by atoms with Crippen LogP contribution in [0.15, 0.2) is 12.3 Å². The van der Waals surface area contributed by atoms with Gasteiger partial charge in [-0.1, -0.05) is 19.3 Å². The van der Waals surface area contributed by atoms with Crippen LogP contribution in [0.3, 0.4) is 0 Å². The summed E-state index contributed by atoms with van der Waals surface area (Å²) in [5.41, 5.74) is 1.58. The Morgan fingerprint density at radius 3 is 2.62 bits per heavy atom. The topological polar surface area (TPSA) is 33.1 Å². The van der Waals surface area contributed by atoms with Gasteiger partial charge in [0.1, 0.15) is 0 Å². The van der Waals surface area contributed by atoms with Gasteiger partial charge in [-0.15, -0.1) is 0 Å². The van der Waals surface area contributed by atoms with Crippen LogP contribution in [-0.4, -0.2) is 40.4 Å². The highest BCUT2D eigenvalue weighted by atomic mass is 15.3. The summed E-state index contributed by atoms with van der Waals surface area (Å²) in [6, 6.07) is 2.88. The van der Waals surface area contributed by atoms with Gasteiger partial charge in [-0.3, -0.25) is 9.58 Å². The second-order valence-corrected chi connectivity index (χ2v) is 7.17. The molecule has 2 aliphatic rings. The monoisotopic (exact) mass is 290 g/mol. The van der Waals surface area contributed by atoms with Crippen LogP contribution < -0.4 is 5.32 Å². The van der Waals surface area contributed by atoms with Crippen molar-refractivity contribution >= 4 is 0 Å². The standard InChI is InChI=1S/C17H30N4/c1-17(18-2)9-12-20(13-10-17)14-15-8-11-21(19-15)16-6-4-3-5-7-16/h8,11,16,18H,3-7,9-10,12-14H2,1-2H3. The molecule has 0 atom stereocenters. The van der Waals surface area contributed by atoms with Gasteiger partial charge in [0.2, 0.25) is 0 Å². The predicted molar refractivity (Wildman–Crippen MR) is 86.3 cm³/mol. The Morgan fingerprint density at radius 2 is 1.95 bits per heavy atom. The molecule has 2 fully saturated rings. The van der Waals surface area contributed by atoms with Gasteiger partial charge in [0.05, 0.1) is 11.7 Å². The first-order valence-corrected chi connectivity index (χ1v) is 8.64. The van der Waals surface area contributed by atoms with Crippen LogP contribution in [0, 0.1) is 0 Å². The molecule has 1 saturated heterocycles. The SMILES string of the molecule is CNC1(C)CCN(Cc2ccn(C3CCCCC3)n2)CC1. The van der Waals surface area contributed by atoms with Crippen molar-refractivity contribution < 1.29 is 0 Å².